The molecule has 1 unspecified atom stereocenters. The third-order valence-corrected chi connectivity index (χ3v) is 6.64. The van der Waals surface area contributed by atoms with E-state index in [4.69, 9.17) is 0 Å². The highest BCUT2D eigenvalue weighted by atomic mass is 15.1. The van der Waals surface area contributed by atoms with Gasteiger partial charge in [-0.15, -0.1) is 0 Å². The molecule has 2 aromatic carbocycles. The van der Waals surface area contributed by atoms with Crippen molar-refractivity contribution in [1.29, 1.82) is 0 Å². The molecule has 2 aromatic rings. The minimum absolute atomic E-state index is 0.696. The lowest BCUT2D eigenvalue weighted by atomic mass is 9.82. The maximum atomic E-state index is 2.75. The second kappa shape index (κ2) is 7.96. The Hall–Kier alpha value is -1.60. The highest BCUT2D eigenvalue weighted by Crippen LogP contribution is 2.34. The lowest BCUT2D eigenvalue weighted by molar-refractivity contribution is 0.139. The van der Waals surface area contributed by atoms with Crippen LogP contribution in [0.1, 0.15) is 57.1 Å². The molecule has 138 valence electrons. The van der Waals surface area contributed by atoms with E-state index in [9.17, 15) is 0 Å². The average molecular weight is 348 g/mol. The van der Waals surface area contributed by atoms with Crippen molar-refractivity contribution in [1.82, 2.24) is 4.90 Å². The fraction of sp³-hybridized carbons (Fsp3) is 0.520. The summed E-state index contributed by atoms with van der Waals surface area (Å²) in [6.07, 6.45) is 10.6. The van der Waals surface area contributed by atoms with E-state index in [-0.39, 0.29) is 0 Å². The van der Waals surface area contributed by atoms with Gasteiger partial charge in [-0.05, 0) is 90.9 Å². The number of piperidine rings is 1. The van der Waals surface area contributed by atoms with Gasteiger partial charge in [0.25, 0.3) is 0 Å². The van der Waals surface area contributed by atoms with Crippen molar-refractivity contribution in [3.63, 3.8) is 0 Å². The Bertz CT molecular complexity index is 784. The Balaban J connectivity index is 1.53. The minimum Gasteiger partial charge on any atom is -0.302 e. The van der Waals surface area contributed by atoms with Gasteiger partial charge < -0.3 is 4.90 Å². The Morgan fingerprint density at radius 3 is 2.58 bits per heavy atom. The zero-order chi connectivity index (χ0) is 17.9. The van der Waals surface area contributed by atoms with Crippen molar-refractivity contribution >= 4 is 16.3 Å². The molecule has 0 N–H and O–H groups in total. The van der Waals surface area contributed by atoms with Crippen LogP contribution >= 0.6 is 0 Å². The zero-order valence-electron chi connectivity index (χ0n) is 16.5. The molecule has 1 saturated heterocycles. The SMILES string of the molecule is C/C=C(/c1ccc2cc(CC)ccc2c1)C1CCCN(CC2CCC2)C1. The normalized spacial score (nSPS) is 22.5. The van der Waals surface area contributed by atoms with E-state index in [0.29, 0.717) is 5.92 Å². The number of nitrogens with zero attached hydrogens (tertiary/aromatic N) is 1. The lowest BCUT2D eigenvalue weighted by Gasteiger charge is -2.38. The molecule has 0 radical (unpaired) electrons. The first-order chi connectivity index (χ1) is 12.8. The minimum atomic E-state index is 0.696. The molecule has 1 saturated carbocycles. The molecule has 26 heavy (non-hydrogen) atoms. The molecule has 1 aliphatic heterocycles. The topological polar surface area (TPSA) is 3.24 Å². The number of fused-ring (bicyclic) bond motifs is 1. The summed E-state index contributed by atoms with van der Waals surface area (Å²) in [6, 6.07) is 14.0. The highest BCUT2D eigenvalue weighted by Gasteiger charge is 2.27. The molecule has 4 rings (SSSR count). The van der Waals surface area contributed by atoms with E-state index in [1.807, 2.05) is 0 Å². The van der Waals surface area contributed by atoms with Crippen LogP contribution in [-0.2, 0) is 6.42 Å². The zero-order valence-corrected chi connectivity index (χ0v) is 16.5. The first-order valence-corrected chi connectivity index (χ1v) is 10.7. The second-order valence-corrected chi connectivity index (χ2v) is 8.39. The molecule has 1 atom stereocenters. The van der Waals surface area contributed by atoms with Crippen LogP contribution in [0.4, 0.5) is 0 Å². The van der Waals surface area contributed by atoms with Crippen LogP contribution < -0.4 is 0 Å². The van der Waals surface area contributed by atoms with Gasteiger partial charge >= 0.3 is 0 Å². The predicted octanol–water partition coefficient (Wildman–Crippen LogP) is 6.32. The molecule has 1 heterocycles. The molecule has 2 fully saturated rings. The van der Waals surface area contributed by atoms with Crippen molar-refractivity contribution in [2.45, 2.75) is 52.4 Å². The van der Waals surface area contributed by atoms with Gasteiger partial charge in [0.1, 0.15) is 0 Å². The van der Waals surface area contributed by atoms with Crippen LogP contribution in [0.2, 0.25) is 0 Å². The highest BCUT2D eigenvalue weighted by molar-refractivity contribution is 5.87. The van der Waals surface area contributed by atoms with E-state index in [1.54, 1.807) is 5.57 Å². The van der Waals surface area contributed by atoms with Gasteiger partial charge in [-0.3, -0.25) is 0 Å². The number of benzene rings is 2. The summed E-state index contributed by atoms with van der Waals surface area (Å²) in [7, 11) is 0. The standard InChI is InChI=1S/C25H33N/c1-3-19-10-11-22-16-23(13-12-21(22)15-19)25(4-2)24-9-6-14-26(18-24)17-20-7-5-8-20/h4,10-13,15-16,20,24H,3,5-9,14,17-18H2,1-2H3/b25-4-. The summed E-state index contributed by atoms with van der Waals surface area (Å²) in [6.45, 7) is 8.35. The van der Waals surface area contributed by atoms with E-state index in [1.165, 1.54) is 73.6 Å². The predicted molar refractivity (Wildman–Crippen MR) is 113 cm³/mol. The van der Waals surface area contributed by atoms with Gasteiger partial charge in [-0.25, -0.2) is 0 Å². The van der Waals surface area contributed by atoms with Gasteiger partial charge in [0.15, 0.2) is 0 Å². The molecule has 0 aromatic heterocycles. The summed E-state index contributed by atoms with van der Waals surface area (Å²) >= 11 is 0. The fourth-order valence-electron chi connectivity index (χ4n) is 4.85. The van der Waals surface area contributed by atoms with Gasteiger partial charge in [-0.2, -0.15) is 0 Å². The second-order valence-electron chi connectivity index (χ2n) is 8.39. The summed E-state index contributed by atoms with van der Waals surface area (Å²) in [4.78, 5) is 2.75. The maximum Gasteiger partial charge on any atom is 0.00505 e. The van der Waals surface area contributed by atoms with E-state index >= 15 is 0 Å². The van der Waals surface area contributed by atoms with Crippen LogP contribution in [0.3, 0.4) is 0 Å². The smallest absolute Gasteiger partial charge is 0.00505 e. The van der Waals surface area contributed by atoms with Gasteiger partial charge in [0.05, 0.1) is 0 Å². The number of likely N-dealkylation sites (tertiary alicyclic amines) is 1. The van der Waals surface area contributed by atoms with Gasteiger partial charge in [0, 0.05) is 13.1 Å². The van der Waals surface area contributed by atoms with Crippen LogP contribution in [0.25, 0.3) is 16.3 Å². The molecule has 1 nitrogen and oxygen atoms in total. The monoisotopic (exact) mass is 347 g/mol. The van der Waals surface area contributed by atoms with Gasteiger partial charge in [0.2, 0.25) is 0 Å². The number of hydrogen-bond acceptors (Lipinski definition) is 1. The number of aryl methyl sites for hydroxylation is 1. The van der Waals surface area contributed by atoms with Crippen LogP contribution in [-0.4, -0.2) is 24.5 Å². The number of allylic oxidation sites excluding steroid dienone is 1. The molecule has 1 heteroatoms. The van der Waals surface area contributed by atoms with Gasteiger partial charge in [-0.1, -0.05) is 49.8 Å². The summed E-state index contributed by atoms with van der Waals surface area (Å²) in [5.41, 5.74) is 4.42. The van der Waals surface area contributed by atoms with Crippen molar-refractivity contribution in [3.8, 4) is 0 Å². The molecule has 0 bridgehead atoms. The molecule has 1 aliphatic carbocycles. The van der Waals surface area contributed by atoms with Crippen molar-refractivity contribution in [2.75, 3.05) is 19.6 Å². The fourth-order valence-corrected chi connectivity index (χ4v) is 4.85. The Kier molecular flexibility index (Phi) is 5.45. The maximum absolute atomic E-state index is 2.75. The van der Waals surface area contributed by atoms with Crippen molar-refractivity contribution in [2.24, 2.45) is 11.8 Å². The summed E-state index contributed by atoms with van der Waals surface area (Å²) < 4.78 is 0. The van der Waals surface area contributed by atoms with Crippen LogP contribution in [0.15, 0.2) is 42.5 Å². The Morgan fingerprint density at radius 2 is 1.85 bits per heavy atom. The number of hydrogen-bond donors (Lipinski definition) is 0. The molecular weight excluding hydrogens is 314 g/mol. The first-order valence-electron chi connectivity index (χ1n) is 10.7. The van der Waals surface area contributed by atoms with E-state index in [0.717, 1.165) is 12.3 Å². The van der Waals surface area contributed by atoms with E-state index in [2.05, 4.69) is 61.2 Å². The van der Waals surface area contributed by atoms with Crippen molar-refractivity contribution in [3.05, 3.63) is 53.6 Å². The molecule has 0 amide bonds. The third kappa shape index (κ3) is 3.74. The largest absolute Gasteiger partial charge is 0.302 e. The summed E-state index contributed by atoms with van der Waals surface area (Å²) in [5.74, 6) is 1.68. The Morgan fingerprint density at radius 1 is 1.04 bits per heavy atom. The van der Waals surface area contributed by atoms with Crippen molar-refractivity contribution < 1.29 is 0 Å². The van der Waals surface area contributed by atoms with E-state index < -0.39 is 0 Å². The first kappa shape index (κ1) is 17.8. The quantitative estimate of drug-likeness (QED) is 0.612. The lowest BCUT2D eigenvalue weighted by Crippen LogP contribution is -2.40. The molecule has 2 aliphatic rings. The summed E-state index contributed by atoms with van der Waals surface area (Å²) in [5, 5.41) is 2.75. The molecule has 0 spiro atoms. The van der Waals surface area contributed by atoms with Crippen LogP contribution in [0, 0.1) is 11.8 Å². The van der Waals surface area contributed by atoms with Crippen LogP contribution in [0.5, 0.6) is 0 Å². The molecular formula is C25H33N. The number of rotatable bonds is 5. The third-order valence-electron chi connectivity index (χ3n) is 6.64. The Labute approximate surface area is 159 Å². The average Bonchev–Trinajstić information content (AvgIpc) is 2.65.